The van der Waals surface area contributed by atoms with Gasteiger partial charge in [0.25, 0.3) is 0 Å². The van der Waals surface area contributed by atoms with Crippen LogP contribution in [0.3, 0.4) is 0 Å². The quantitative estimate of drug-likeness (QED) is 0.275. The summed E-state index contributed by atoms with van der Waals surface area (Å²) < 4.78 is 16.0. The summed E-state index contributed by atoms with van der Waals surface area (Å²) in [5, 5.41) is 8.42. The van der Waals surface area contributed by atoms with Crippen molar-refractivity contribution in [1.29, 1.82) is 0 Å². The van der Waals surface area contributed by atoms with Gasteiger partial charge in [-0.25, -0.2) is 0 Å². The number of hydrogen-bond donors (Lipinski definition) is 3. The lowest BCUT2D eigenvalue weighted by atomic mass is 9.94. The van der Waals surface area contributed by atoms with Gasteiger partial charge in [0.15, 0.2) is 5.78 Å². The zero-order valence-electron chi connectivity index (χ0n) is 25.3. The highest BCUT2D eigenvalue weighted by molar-refractivity contribution is 5.98. The van der Waals surface area contributed by atoms with E-state index in [2.05, 4.69) is 16.0 Å². The maximum absolute atomic E-state index is 13.8. The molecule has 0 spiro atoms. The van der Waals surface area contributed by atoms with Crippen LogP contribution in [-0.4, -0.2) is 98.7 Å². The maximum atomic E-state index is 13.8. The molecule has 0 bridgehead atoms. The molecule has 0 unspecified atom stereocenters. The molecule has 2 fully saturated rings. The van der Waals surface area contributed by atoms with Crippen LogP contribution in [0.4, 0.5) is 0 Å². The van der Waals surface area contributed by atoms with Crippen molar-refractivity contribution in [2.24, 2.45) is 0 Å². The monoisotopic (exact) mass is 594 g/mol. The standard InChI is InChI=1S/C32H42N4O7/c1-21-5-7-23(8-6-21)17-26(29(38)32(3)20-43-32)34-31(40)27(18-24-9-11-25(41-4)12-10-24)35-30(39)22(2)33-28(37)19-36-13-15-42-16-14-36/h5-12,22,26-27H,13-20H2,1-4H3,(H,33,37)(H,34,40)(H,35,39)/t22-,26-,27-,32+/m0/s1. The molecule has 0 saturated carbocycles. The number of nitrogens with zero attached hydrogens (tertiary/aromatic N) is 1. The van der Waals surface area contributed by atoms with Crippen molar-refractivity contribution < 1.29 is 33.4 Å². The molecule has 3 amide bonds. The maximum Gasteiger partial charge on any atom is 0.243 e. The smallest absolute Gasteiger partial charge is 0.243 e. The average Bonchev–Trinajstić information content (AvgIpc) is 3.76. The second-order valence-corrected chi connectivity index (χ2v) is 11.4. The Morgan fingerprint density at radius 1 is 0.884 bits per heavy atom. The number of methoxy groups -OCH3 is 1. The van der Waals surface area contributed by atoms with Gasteiger partial charge in [-0.3, -0.25) is 24.1 Å². The Kier molecular flexibility index (Phi) is 10.9. The van der Waals surface area contributed by atoms with E-state index < -0.39 is 35.5 Å². The van der Waals surface area contributed by atoms with Gasteiger partial charge < -0.3 is 30.2 Å². The molecule has 3 N–H and O–H groups in total. The number of carbonyl (C=O) groups is 4. The number of rotatable bonds is 14. The van der Waals surface area contributed by atoms with Gasteiger partial charge in [-0.05, 0) is 50.5 Å². The van der Waals surface area contributed by atoms with Crippen LogP contribution in [0.5, 0.6) is 5.75 Å². The van der Waals surface area contributed by atoms with E-state index in [9.17, 15) is 19.2 Å². The van der Waals surface area contributed by atoms with Gasteiger partial charge in [0, 0.05) is 19.5 Å². The number of epoxide rings is 1. The second kappa shape index (κ2) is 14.6. The topological polar surface area (TPSA) is 139 Å². The minimum absolute atomic E-state index is 0.153. The molecule has 4 rings (SSSR count). The third-order valence-electron chi connectivity index (χ3n) is 7.77. The molecule has 2 aliphatic rings. The number of Topliss-reactive ketones (excluding diaryl/α,β-unsaturated/α-hetero) is 1. The number of ether oxygens (including phenoxy) is 3. The zero-order chi connectivity index (χ0) is 31.0. The van der Waals surface area contributed by atoms with Crippen molar-refractivity contribution in [3.05, 3.63) is 65.2 Å². The van der Waals surface area contributed by atoms with Gasteiger partial charge in [0.1, 0.15) is 23.4 Å². The number of hydrogen-bond acceptors (Lipinski definition) is 8. The fraction of sp³-hybridized carbons (Fsp3) is 0.500. The fourth-order valence-corrected chi connectivity index (χ4v) is 4.88. The van der Waals surface area contributed by atoms with Crippen LogP contribution in [0.1, 0.15) is 30.5 Å². The number of morpholine rings is 1. The van der Waals surface area contributed by atoms with Gasteiger partial charge in [-0.2, -0.15) is 0 Å². The Labute approximate surface area is 252 Å². The summed E-state index contributed by atoms with van der Waals surface area (Å²) in [7, 11) is 1.56. The summed E-state index contributed by atoms with van der Waals surface area (Å²) in [6.07, 6.45) is 0.441. The number of nitrogens with one attached hydrogen (secondary N) is 3. The molecule has 0 radical (unpaired) electrons. The van der Waals surface area contributed by atoms with Crippen molar-refractivity contribution in [3.8, 4) is 5.75 Å². The van der Waals surface area contributed by atoms with Gasteiger partial charge in [0.05, 0.1) is 39.5 Å². The first-order valence-electron chi connectivity index (χ1n) is 14.6. The summed E-state index contributed by atoms with van der Waals surface area (Å²) in [4.78, 5) is 55.0. The highest BCUT2D eigenvalue weighted by atomic mass is 16.6. The molecule has 43 heavy (non-hydrogen) atoms. The summed E-state index contributed by atoms with van der Waals surface area (Å²) in [5.74, 6) is -0.873. The van der Waals surface area contributed by atoms with Crippen LogP contribution < -0.4 is 20.7 Å². The molecular weight excluding hydrogens is 552 g/mol. The molecule has 2 aliphatic heterocycles. The molecule has 2 aromatic carbocycles. The molecule has 11 heteroatoms. The first kappa shape index (κ1) is 32.1. The second-order valence-electron chi connectivity index (χ2n) is 11.4. The summed E-state index contributed by atoms with van der Waals surface area (Å²) >= 11 is 0. The highest BCUT2D eigenvalue weighted by Crippen LogP contribution is 2.29. The first-order valence-corrected chi connectivity index (χ1v) is 14.6. The van der Waals surface area contributed by atoms with Crippen molar-refractivity contribution in [2.75, 3.05) is 46.6 Å². The molecule has 232 valence electrons. The van der Waals surface area contributed by atoms with E-state index in [-0.39, 0.29) is 31.1 Å². The Bertz CT molecular complexity index is 1270. The lowest BCUT2D eigenvalue weighted by Gasteiger charge is -2.27. The number of carbonyl (C=O) groups excluding carboxylic acids is 4. The summed E-state index contributed by atoms with van der Waals surface area (Å²) in [6, 6.07) is 12.2. The van der Waals surface area contributed by atoms with E-state index in [0.717, 1.165) is 16.7 Å². The molecule has 2 aromatic rings. The SMILES string of the molecule is COc1ccc(C[C@H](NC(=O)[C@H](C)NC(=O)CN2CCOCC2)C(=O)N[C@@H](Cc2ccc(C)cc2)C(=O)[C@@]2(C)CO2)cc1. The molecule has 0 aromatic heterocycles. The third kappa shape index (κ3) is 9.34. The number of benzene rings is 2. The van der Waals surface area contributed by atoms with E-state index in [0.29, 0.717) is 38.7 Å². The number of amides is 3. The summed E-state index contributed by atoms with van der Waals surface area (Å²) in [6.45, 7) is 8.11. The van der Waals surface area contributed by atoms with Crippen molar-refractivity contribution in [3.63, 3.8) is 0 Å². The molecule has 11 nitrogen and oxygen atoms in total. The van der Waals surface area contributed by atoms with Gasteiger partial charge in [0.2, 0.25) is 17.7 Å². The molecule has 4 atom stereocenters. The molecule has 2 saturated heterocycles. The van der Waals surface area contributed by atoms with Gasteiger partial charge >= 0.3 is 0 Å². The number of ketones is 1. The fourth-order valence-electron chi connectivity index (χ4n) is 4.88. The Morgan fingerprint density at radius 3 is 2.02 bits per heavy atom. The molecular formula is C32H42N4O7. The predicted molar refractivity (Wildman–Crippen MR) is 160 cm³/mol. The largest absolute Gasteiger partial charge is 0.497 e. The number of aryl methyl sites for hydroxylation is 1. The molecule has 0 aliphatic carbocycles. The lowest BCUT2D eigenvalue weighted by molar-refractivity contribution is -0.134. The Morgan fingerprint density at radius 2 is 1.44 bits per heavy atom. The van der Waals surface area contributed by atoms with Crippen LogP contribution in [0.2, 0.25) is 0 Å². The van der Waals surface area contributed by atoms with E-state index in [1.807, 2.05) is 48.2 Å². The van der Waals surface area contributed by atoms with Crippen molar-refractivity contribution in [2.45, 2.75) is 57.3 Å². The first-order chi connectivity index (χ1) is 20.6. The normalized spacial score (nSPS) is 20.3. The third-order valence-corrected chi connectivity index (χ3v) is 7.77. The predicted octanol–water partition coefficient (Wildman–Crippen LogP) is 0.953. The minimum Gasteiger partial charge on any atom is -0.497 e. The van der Waals surface area contributed by atoms with Crippen LogP contribution >= 0.6 is 0 Å². The van der Waals surface area contributed by atoms with Crippen LogP contribution in [0, 0.1) is 6.92 Å². The van der Waals surface area contributed by atoms with Crippen LogP contribution in [0.25, 0.3) is 0 Å². The van der Waals surface area contributed by atoms with Gasteiger partial charge in [-0.1, -0.05) is 42.0 Å². The van der Waals surface area contributed by atoms with Crippen LogP contribution in [0.15, 0.2) is 48.5 Å². The lowest BCUT2D eigenvalue weighted by Crippen LogP contribution is -2.57. The Balaban J connectivity index is 1.47. The highest BCUT2D eigenvalue weighted by Gasteiger charge is 2.50. The molecule has 2 heterocycles. The van der Waals surface area contributed by atoms with Crippen LogP contribution in [-0.2, 0) is 41.5 Å². The average molecular weight is 595 g/mol. The minimum atomic E-state index is -1.01. The van der Waals surface area contributed by atoms with E-state index >= 15 is 0 Å². The Hall–Kier alpha value is -3.80. The zero-order valence-corrected chi connectivity index (χ0v) is 25.3. The van der Waals surface area contributed by atoms with Gasteiger partial charge in [-0.15, -0.1) is 0 Å². The van der Waals surface area contributed by atoms with E-state index in [1.165, 1.54) is 0 Å². The van der Waals surface area contributed by atoms with E-state index in [1.54, 1.807) is 33.1 Å². The van der Waals surface area contributed by atoms with Crippen molar-refractivity contribution >= 4 is 23.5 Å². The summed E-state index contributed by atoms with van der Waals surface area (Å²) in [5.41, 5.74) is 1.81. The van der Waals surface area contributed by atoms with Crippen molar-refractivity contribution in [1.82, 2.24) is 20.9 Å². The van der Waals surface area contributed by atoms with E-state index in [4.69, 9.17) is 14.2 Å².